The first-order chi connectivity index (χ1) is 18.8. The Morgan fingerprint density at radius 3 is 2.31 bits per heavy atom. The van der Waals surface area contributed by atoms with E-state index in [-0.39, 0.29) is 17.6 Å². The van der Waals surface area contributed by atoms with Crippen LogP contribution in [0.4, 0.5) is 5.69 Å². The molecule has 0 aromatic heterocycles. The number of hydrogen-bond acceptors (Lipinski definition) is 5. The van der Waals surface area contributed by atoms with Gasteiger partial charge in [0.25, 0.3) is 5.91 Å². The zero-order valence-corrected chi connectivity index (χ0v) is 23.1. The summed E-state index contributed by atoms with van der Waals surface area (Å²) in [5.74, 6) is 0.663. The summed E-state index contributed by atoms with van der Waals surface area (Å²) in [6.45, 7) is 5.96. The zero-order chi connectivity index (χ0) is 27.7. The molecule has 3 aromatic rings. The van der Waals surface area contributed by atoms with E-state index in [4.69, 9.17) is 9.47 Å². The summed E-state index contributed by atoms with van der Waals surface area (Å²) < 4.78 is 10.9. The summed E-state index contributed by atoms with van der Waals surface area (Å²) in [4.78, 5) is 27.7. The van der Waals surface area contributed by atoms with Crippen LogP contribution in [0.2, 0.25) is 0 Å². The third kappa shape index (κ3) is 5.07. The quantitative estimate of drug-likeness (QED) is 0.396. The van der Waals surface area contributed by atoms with Crippen LogP contribution in [-0.4, -0.2) is 25.9 Å². The Labute approximate surface area is 229 Å². The van der Waals surface area contributed by atoms with Crippen molar-refractivity contribution in [1.29, 1.82) is 0 Å². The van der Waals surface area contributed by atoms with Crippen LogP contribution in [0, 0.1) is 13.8 Å². The van der Waals surface area contributed by atoms with Crippen molar-refractivity contribution in [3.63, 3.8) is 0 Å². The standard InChI is InChI=1S/C33H34N2O4/c1-19-10-13-24(14-11-19)35-33(37)30-21(3)34-26-16-23(22-12-15-28(38-4)29(18-22)39-5)17-27(36)32(26)31(30)25-9-7-6-8-20(25)2/h6-15,18,23,31,34H,16-17H2,1-5H3,(H,35,37)/t23-,31+/m1/s1. The lowest BCUT2D eigenvalue weighted by Gasteiger charge is -2.37. The number of amides is 1. The topological polar surface area (TPSA) is 76.7 Å². The Kier molecular flexibility index (Phi) is 7.29. The van der Waals surface area contributed by atoms with Crippen LogP contribution in [-0.2, 0) is 9.59 Å². The van der Waals surface area contributed by atoms with Gasteiger partial charge in [-0.15, -0.1) is 0 Å². The Balaban J connectivity index is 1.55. The average Bonchev–Trinajstić information content (AvgIpc) is 2.93. The first kappa shape index (κ1) is 26.3. The van der Waals surface area contributed by atoms with Crippen LogP contribution in [0.3, 0.4) is 0 Å². The Morgan fingerprint density at radius 2 is 1.62 bits per heavy atom. The molecule has 39 heavy (non-hydrogen) atoms. The van der Waals surface area contributed by atoms with Gasteiger partial charge in [0, 0.05) is 40.6 Å². The number of rotatable bonds is 6. The highest BCUT2D eigenvalue weighted by atomic mass is 16.5. The number of dihydropyridines is 1. The Hall–Kier alpha value is -4.32. The first-order valence-corrected chi connectivity index (χ1v) is 13.2. The second-order valence-electron chi connectivity index (χ2n) is 10.3. The molecular formula is C33H34N2O4. The molecule has 200 valence electrons. The van der Waals surface area contributed by atoms with Gasteiger partial charge in [-0.3, -0.25) is 9.59 Å². The van der Waals surface area contributed by atoms with E-state index >= 15 is 0 Å². The number of methoxy groups -OCH3 is 2. The van der Waals surface area contributed by atoms with E-state index < -0.39 is 5.92 Å². The van der Waals surface area contributed by atoms with E-state index in [9.17, 15) is 9.59 Å². The molecule has 6 heteroatoms. The number of carbonyl (C=O) groups is 2. The second kappa shape index (κ2) is 10.8. The van der Waals surface area contributed by atoms with Gasteiger partial charge in [0.2, 0.25) is 0 Å². The Bertz CT molecular complexity index is 1500. The third-order valence-electron chi connectivity index (χ3n) is 7.76. The second-order valence-corrected chi connectivity index (χ2v) is 10.3. The van der Waals surface area contributed by atoms with Crippen molar-refractivity contribution in [1.82, 2.24) is 5.32 Å². The fourth-order valence-electron chi connectivity index (χ4n) is 5.74. The minimum atomic E-state index is -0.452. The van der Waals surface area contributed by atoms with E-state index in [1.54, 1.807) is 14.2 Å². The molecule has 1 amide bonds. The Morgan fingerprint density at radius 1 is 0.897 bits per heavy atom. The zero-order valence-electron chi connectivity index (χ0n) is 23.1. The third-order valence-corrected chi connectivity index (χ3v) is 7.76. The summed E-state index contributed by atoms with van der Waals surface area (Å²) in [6, 6.07) is 21.6. The molecule has 0 bridgehead atoms. The lowest BCUT2D eigenvalue weighted by molar-refractivity contribution is -0.116. The van der Waals surface area contributed by atoms with Crippen molar-refractivity contribution in [2.24, 2.45) is 0 Å². The number of nitrogens with one attached hydrogen (secondary N) is 2. The molecule has 0 saturated heterocycles. The molecule has 5 rings (SSSR count). The maximum Gasteiger partial charge on any atom is 0.254 e. The van der Waals surface area contributed by atoms with Gasteiger partial charge in [0.15, 0.2) is 17.3 Å². The monoisotopic (exact) mass is 522 g/mol. The van der Waals surface area contributed by atoms with Crippen LogP contribution in [0.15, 0.2) is 89.3 Å². The molecule has 0 fully saturated rings. The minimum absolute atomic E-state index is 0.0168. The molecule has 2 atom stereocenters. The highest BCUT2D eigenvalue weighted by molar-refractivity contribution is 6.10. The summed E-state index contributed by atoms with van der Waals surface area (Å²) >= 11 is 0. The van der Waals surface area contributed by atoms with Gasteiger partial charge in [0.1, 0.15) is 0 Å². The minimum Gasteiger partial charge on any atom is -0.493 e. The summed E-state index contributed by atoms with van der Waals surface area (Å²) in [6.07, 6.45) is 1.01. The largest absolute Gasteiger partial charge is 0.493 e. The van der Waals surface area contributed by atoms with Crippen molar-refractivity contribution < 1.29 is 19.1 Å². The van der Waals surface area contributed by atoms with Gasteiger partial charge >= 0.3 is 0 Å². The molecule has 6 nitrogen and oxygen atoms in total. The fraction of sp³-hybridized carbons (Fsp3) is 0.273. The number of Topliss-reactive ketones (excluding diaryl/α,β-unsaturated/α-hetero) is 1. The molecule has 1 aliphatic heterocycles. The predicted molar refractivity (Wildman–Crippen MR) is 153 cm³/mol. The van der Waals surface area contributed by atoms with Crippen LogP contribution in [0.5, 0.6) is 11.5 Å². The highest BCUT2D eigenvalue weighted by Gasteiger charge is 2.41. The van der Waals surface area contributed by atoms with Gasteiger partial charge < -0.3 is 20.1 Å². The van der Waals surface area contributed by atoms with Gasteiger partial charge in [-0.25, -0.2) is 0 Å². The average molecular weight is 523 g/mol. The van der Waals surface area contributed by atoms with E-state index in [2.05, 4.69) is 10.6 Å². The van der Waals surface area contributed by atoms with E-state index in [1.165, 1.54) is 0 Å². The van der Waals surface area contributed by atoms with E-state index in [1.807, 2.05) is 87.5 Å². The lowest BCUT2D eigenvalue weighted by atomic mass is 9.71. The van der Waals surface area contributed by atoms with Crippen molar-refractivity contribution >= 4 is 17.4 Å². The lowest BCUT2D eigenvalue weighted by Crippen LogP contribution is -2.37. The molecule has 1 heterocycles. The summed E-state index contributed by atoms with van der Waals surface area (Å²) in [5, 5.41) is 6.53. The van der Waals surface area contributed by atoms with Gasteiger partial charge in [-0.05, 0) is 74.1 Å². The first-order valence-electron chi connectivity index (χ1n) is 13.2. The number of benzene rings is 3. The molecule has 3 aromatic carbocycles. The van der Waals surface area contributed by atoms with E-state index in [0.717, 1.165) is 39.3 Å². The number of hydrogen-bond donors (Lipinski definition) is 2. The number of allylic oxidation sites excluding steroid dienone is 3. The van der Waals surface area contributed by atoms with Crippen molar-refractivity contribution in [3.05, 3.63) is 112 Å². The molecule has 2 aliphatic rings. The number of aryl methyl sites for hydroxylation is 2. The normalized spacial score (nSPS) is 18.8. The predicted octanol–water partition coefficient (Wildman–Crippen LogP) is 6.32. The molecule has 0 saturated carbocycles. The van der Waals surface area contributed by atoms with Crippen molar-refractivity contribution in [3.8, 4) is 11.5 Å². The molecule has 1 aliphatic carbocycles. The van der Waals surface area contributed by atoms with Crippen LogP contribution in [0.1, 0.15) is 53.9 Å². The smallest absolute Gasteiger partial charge is 0.254 e. The highest BCUT2D eigenvalue weighted by Crippen LogP contribution is 2.47. The van der Waals surface area contributed by atoms with Crippen LogP contribution < -0.4 is 20.1 Å². The fourth-order valence-corrected chi connectivity index (χ4v) is 5.74. The summed E-state index contributed by atoms with van der Waals surface area (Å²) in [7, 11) is 3.22. The van der Waals surface area contributed by atoms with Gasteiger partial charge in [-0.2, -0.15) is 0 Å². The maximum absolute atomic E-state index is 13.9. The number of anilines is 1. The SMILES string of the molecule is COc1ccc([C@H]2CC(=O)C3=C(C2)NC(C)=C(C(=O)Nc2ccc(C)cc2)[C@@H]3c2ccccc2C)cc1OC. The van der Waals surface area contributed by atoms with Crippen LogP contribution >= 0.6 is 0 Å². The number of ether oxygens (including phenoxy) is 2. The summed E-state index contributed by atoms with van der Waals surface area (Å²) in [5.41, 5.74) is 7.76. The maximum atomic E-state index is 13.9. The van der Waals surface area contributed by atoms with Crippen molar-refractivity contribution in [2.45, 2.75) is 45.4 Å². The van der Waals surface area contributed by atoms with E-state index in [0.29, 0.717) is 35.5 Å². The molecule has 0 radical (unpaired) electrons. The molecule has 0 unspecified atom stereocenters. The van der Waals surface area contributed by atoms with Crippen LogP contribution in [0.25, 0.3) is 0 Å². The van der Waals surface area contributed by atoms with Gasteiger partial charge in [0.05, 0.1) is 14.2 Å². The molecular weight excluding hydrogens is 488 g/mol. The molecule has 2 N–H and O–H groups in total. The van der Waals surface area contributed by atoms with Gasteiger partial charge in [-0.1, -0.05) is 48.0 Å². The van der Waals surface area contributed by atoms with Crippen molar-refractivity contribution in [2.75, 3.05) is 19.5 Å². The number of ketones is 1. The number of carbonyl (C=O) groups excluding carboxylic acids is 2. The molecule has 0 spiro atoms.